The maximum atomic E-state index is 13.4. The molecular weight excluding hydrogens is 368 g/mol. The Morgan fingerprint density at radius 3 is 2.67 bits per heavy atom. The van der Waals surface area contributed by atoms with E-state index in [9.17, 15) is 8.78 Å². The summed E-state index contributed by atoms with van der Waals surface area (Å²) >= 11 is 1.50. The molecule has 2 heterocycles. The summed E-state index contributed by atoms with van der Waals surface area (Å²) in [5, 5.41) is 9.40. The summed E-state index contributed by atoms with van der Waals surface area (Å²) in [6.07, 6.45) is 2.16. The second-order valence-corrected chi connectivity index (χ2v) is 7.42. The van der Waals surface area contributed by atoms with Gasteiger partial charge in [0.1, 0.15) is 11.6 Å². The zero-order valence-corrected chi connectivity index (χ0v) is 15.5. The largest absolute Gasteiger partial charge is 0.376 e. The van der Waals surface area contributed by atoms with Gasteiger partial charge in [0.05, 0.1) is 12.6 Å². The molecule has 0 spiro atoms. The number of aromatic nitrogens is 3. The Hall–Kier alpha value is -2.25. The van der Waals surface area contributed by atoms with Gasteiger partial charge in [-0.2, -0.15) is 0 Å². The molecule has 7 heteroatoms. The van der Waals surface area contributed by atoms with Gasteiger partial charge < -0.3 is 4.74 Å². The molecule has 3 aromatic rings. The van der Waals surface area contributed by atoms with Crippen molar-refractivity contribution in [2.75, 3.05) is 6.61 Å². The Balaban J connectivity index is 1.60. The number of rotatable bonds is 6. The van der Waals surface area contributed by atoms with Crippen LogP contribution in [-0.2, 0) is 17.0 Å². The summed E-state index contributed by atoms with van der Waals surface area (Å²) in [6.45, 7) is 1.41. The van der Waals surface area contributed by atoms with Crippen molar-refractivity contribution in [1.29, 1.82) is 0 Å². The Kier molecular flexibility index (Phi) is 5.50. The fourth-order valence-corrected chi connectivity index (χ4v) is 4.03. The number of thioether (sulfide) groups is 1. The fraction of sp³-hybridized carbons (Fsp3) is 0.300. The van der Waals surface area contributed by atoms with E-state index >= 15 is 0 Å². The molecule has 0 bridgehead atoms. The van der Waals surface area contributed by atoms with Gasteiger partial charge in [-0.3, -0.25) is 4.57 Å². The number of nitrogens with zero attached hydrogens (tertiary/aromatic N) is 3. The molecule has 1 atom stereocenters. The van der Waals surface area contributed by atoms with Gasteiger partial charge >= 0.3 is 0 Å². The molecule has 1 unspecified atom stereocenters. The maximum Gasteiger partial charge on any atom is 0.191 e. The van der Waals surface area contributed by atoms with Crippen LogP contribution >= 0.6 is 11.8 Å². The number of ether oxygens (including phenoxy) is 1. The standard InChI is InChI=1S/C20H19F2N3OS/c21-16-8-6-15(7-9-16)19-23-24-20(25(19)12-18-5-2-10-26-18)27-13-14-3-1-4-17(22)11-14/h1,3-4,6-9,11,18H,2,5,10,12-13H2. The van der Waals surface area contributed by atoms with E-state index in [1.165, 1.54) is 36.0 Å². The van der Waals surface area contributed by atoms with Crippen molar-refractivity contribution >= 4 is 11.8 Å². The van der Waals surface area contributed by atoms with Gasteiger partial charge in [0.25, 0.3) is 0 Å². The first-order chi connectivity index (χ1) is 13.2. The van der Waals surface area contributed by atoms with Crippen molar-refractivity contribution in [3.8, 4) is 11.4 Å². The van der Waals surface area contributed by atoms with E-state index in [1.54, 1.807) is 18.2 Å². The molecule has 2 aromatic carbocycles. The monoisotopic (exact) mass is 387 g/mol. The van der Waals surface area contributed by atoms with E-state index in [0.717, 1.165) is 35.7 Å². The van der Waals surface area contributed by atoms with Crippen LogP contribution in [0.3, 0.4) is 0 Å². The second-order valence-electron chi connectivity index (χ2n) is 6.48. The normalized spacial score (nSPS) is 16.7. The van der Waals surface area contributed by atoms with Crippen LogP contribution in [0.2, 0.25) is 0 Å². The molecule has 140 valence electrons. The molecule has 27 heavy (non-hydrogen) atoms. The van der Waals surface area contributed by atoms with Crippen LogP contribution in [0, 0.1) is 11.6 Å². The first-order valence-electron chi connectivity index (χ1n) is 8.87. The molecule has 0 saturated carbocycles. The molecule has 1 fully saturated rings. The van der Waals surface area contributed by atoms with Crippen molar-refractivity contribution in [3.63, 3.8) is 0 Å². The highest BCUT2D eigenvalue weighted by atomic mass is 32.2. The van der Waals surface area contributed by atoms with Crippen LogP contribution < -0.4 is 0 Å². The summed E-state index contributed by atoms with van der Waals surface area (Å²) in [7, 11) is 0. The molecule has 4 rings (SSSR count). The summed E-state index contributed by atoms with van der Waals surface area (Å²) in [4.78, 5) is 0. The van der Waals surface area contributed by atoms with E-state index in [1.807, 2.05) is 10.6 Å². The number of hydrogen-bond donors (Lipinski definition) is 0. The average molecular weight is 387 g/mol. The van der Waals surface area contributed by atoms with Gasteiger partial charge in [0.15, 0.2) is 11.0 Å². The van der Waals surface area contributed by atoms with E-state index < -0.39 is 0 Å². The van der Waals surface area contributed by atoms with Gasteiger partial charge in [0, 0.05) is 17.9 Å². The molecular formula is C20H19F2N3OS. The lowest BCUT2D eigenvalue weighted by molar-refractivity contribution is 0.0953. The third-order valence-corrected chi connectivity index (χ3v) is 5.52. The zero-order chi connectivity index (χ0) is 18.6. The Labute approximate surface area is 160 Å². The molecule has 0 amide bonds. The minimum Gasteiger partial charge on any atom is -0.376 e. The lowest BCUT2D eigenvalue weighted by atomic mass is 10.2. The van der Waals surface area contributed by atoms with Crippen LogP contribution in [0.4, 0.5) is 8.78 Å². The molecule has 1 aliphatic rings. The highest BCUT2D eigenvalue weighted by molar-refractivity contribution is 7.98. The number of hydrogen-bond acceptors (Lipinski definition) is 4. The minimum absolute atomic E-state index is 0.119. The Morgan fingerprint density at radius 1 is 1.07 bits per heavy atom. The first-order valence-corrected chi connectivity index (χ1v) is 9.85. The molecule has 0 aliphatic carbocycles. The molecule has 0 N–H and O–H groups in total. The van der Waals surface area contributed by atoms with E-state index in [2.05, 4.69) is 10.2 Å². The van der Waals surface area contributed by atoms with Gasteiger partial charge in [-0.1, -0.05) is 23.9 Å². The zero-order valence-electron chi connectivity index (χ0n) is 14.6. The third-order valence-electron chi connectivity index (χ3n) is 4.49. The van der Waals surface area contributed by atoms with Crippen LogP contribution in [0.1, 0.15) is 18.4 Å². The van der Waals surface area contributed by atoms with Crippen LogP contribution in [0.5, 0.6) is 0 Å². The van der Waals surface area contributed by atoms with Crippen LogP contribution in [0.25, 0.3) is 11.4 Å². The average Bonchev–Trinajstić information content (AvgIpc) is 3.31. The lowest BCUT2D eigenvalue weighted by Crippen LogP contribution is -2.16. The lowest BCUT2D eigenvalue weighted by Gasteiger charge is -2.14. The molecule has 4 nitrogen and oxygen atoms in total. The summed E-state index contributed by atoms with van der Waals surface area (Å²) in [5.74, 6) is 0.739. The predicted octanol–water partition coefficient (Wildman–Crippen LogP) is 4.69. The minimum atomic E-state index is -0.287. The van der Waals surface area contributed by atoms with E-state index in [4.69, 9.17) is 4.74 Å². The van der Waals surface area contributed by atoms with Gasteiger partial charge in [0.2, 0.25) is 0 Å². The summed E-state index contributed by atoms with van der Waals surface area (Å²) in [5.41, 5.74) is 1.69. The summed E-state index contributed by atoms with van der Waals surface area (Å²) < 4.78 is 34.5. The third kappa shape index (κ3) is 4.36. The SMILES string of the molecule is Fc1ccc(-c2nnc(SCc3cccc(F)c3)n2CC2CCCO2)cc1. The van der Waals surface area contributed by atoms with Gasteiger partial charge in [-0.25, -0.2) is 8.78 Å². The predicted molar refractivity (Wildman–Crippen MR) is 100 cm³/mol. The second kappa shape index (κ2) is 8.19. The molecule has 1 saturated heterocycles. The summed E-state index contributed by atoms with van der Waals surface area (Å²) in [6, 6.07) is 12.8. The van der Waals surface area contributed by atoms with Crippen LogP contribution in [-0.4, -0.2) is 27.5 Å². The van der Waals surface area contributed by atoms with Crippen molar-refractivity contribution in [2.45, 2.75) is 36.4 Å². The van der Waals surface area contributed by atoms with Crippen molar-refractivity contribution in [1.82, 2.24) is 14.8 Å². The highest BCUT2D eigenvalue weighted by Crippen LogP contribution is 2.28. The Bertz CT molecular complexity index is 908. The van der Waals surface area contributed by atoms with E-state index in [0.29, 0.717) is 18.1 Å². The number of benzene rings is 2. The Morgan fingerprint density at radius 2 is 1.93 bits per heavy atom. The smallest absolute Gasteiger partial charge is 0.191 e. The first kappa shape index (κ1) is 18.1. The quantitative estimate of drug-likeness (QED) is 0.575. The maximum absolute atomic E-state index is 13.4. The van der Waals surface area contributed by atoms with Crippen LogP contribution in [0.15, 0.2) is 53.7 Å². The van der Waals surface area contributed by atoms with Gasteiger partial charge in [-0.05, 0) is 54.8 Å². The van der Waals surface area contributed by atoms with Crippen molar-refractivity contribution in [2.24, 2.45) is 0 Å². The topological polar surface area (TPSA) is 39.9 Å². The molecule has 0 radical (unpaired) electrons. The van der Waals surface area contributed by atoms with Crippen molar-refractivity contribution < 1.29 is 13.5 Å². The molecule has 1 aliphatic heterocycles. The molecule has 1 aromatic heterocycles. The number of halogens is 2. The fourth-order valence-electron chi connectivity index (χ4n) is 3.14. The van der Waals surface area contributed by atoms with Crippen molar-refractivity contribution in [3.05, 3.63) is 65.7 Å². The van der Waals surface area contributed by atoms with E-state index in [-0.39, 0.29) is 17.7 Å². The highest BCUT2D eigenvalue weighted by Gasteiger charge is 2.22. The van der Waals surface area contributed by atoms with Gasteiger partial charge in [-0.15, -0.1) is 10.2 Å².